The van der Waals surface area contributed by atoms with Crippen molar-refractivity contribution in [2.45, 2.75) is 59.0 Å². The number of para-hydroxylation sites is 1. The highest BCUT2D eigenvalue weighted by molar-refractivity contribution is 6.35. The molecule has 2 amide bonds. The molecule has 0 aliphatic rings. The number of rotatable bonds is 9. The SMILES string of the molecule is CCCNC(=O)C(C)N(Cc1ccc(Cl)cc1Cl)C(=O)COc1ccccc1C(C)(C)C. The number of hydrogen-bond donors (Lipinski definition) is 1. The second kappa shape index (κ2) is 11.6. The second-order valence-electron chi connectivity index (χ2n) is 8.76. The van der Waals surface area contributed by atoms with Gasteiger partial charge in [-0.3, -0.25) is 9.59 Å². The molecule has 0 spiro atoms. The van der Waals surface area contributed by atoms with Crippen LogP contribution in [0.2, 0.25) is 10.0 Å². The van der Waals surface area contributed by atoms with Gasteiger partial charge < -0.3 is 15.0 Å². The van der Waals surface area contributed by atoms with Crippen LogP contribution in [0, 0.1) is 0 Å². The van der Waals surface area contributed by atoms with Crippen LogP contribution >= 0.6 is 23.2 Å². The van der Waals surface area contributed by atoms with E-state index in [9.17, 15) is 9.59 Å². The molecule has 0 saturated heterocycles. The maximum absolute atomic E-state index is 13.2. The number of carbonyl (C=O) groups is 2. The maximum Gasteiger partial charge on any atom is 0.261 e. The van der Waals surface area contributed by atoms with Gasteiger partial charge >= 0.3 is 0 Å². The lowest BCUT2D eigenvalue weighted by molar-refractivity contribution is -0.142. The average molecular weight is 479 g/mol. The molecular formula is C25H32Cl2N2O3. The van der Waals surface area contributed by atoms with Crippen molar-refractivity contribution in [1.29, 1.82) is 0 Å². The van der Waals surface area contributed by atoms with Gasteiger partial charge in [0.05, 0.1) is 0 Å². The molecule has 0 saturated carbocycles. The van der Waals surface area contributed by atoms with E-state index in [0.717, 1.165) is 12.0 Å². The van der Waals surface area contributed by atoms with Crippen molar-refractivity contribution >= 4 is 35.0 Å². The number of hydrogen-bond acceptors (Lipinski definition) is 3. The molecule has 2 rings (SSSR count). The molecule has 174 valence electrons. The second-order valence-corrected chi connectivity index (χ2v) is 9.60. The lowest BCUT2D eigenvalue weighted by atomic mass is 9.86. The molecule has 0 bridgehead atoms. The lowest BCUT2D eigenvalue weighted by Gasteiger charge is -2.29. The Bertz CT molecular complexity index is 941. The molecule has 2 aromatic carbocycles. The molecule has 1 unspecified atom stereocenters. The summed E-state index contributed by atoms with van der Waals surface area (Å²) in [4.78, 5) is 27.4. The summed E-state index contributed by atoms with van der Waals surface area (Å²) in [6.45, 7) is 10.5. The van der Waals surface area contributed by atoms with Crippen LogP contribution in [0.3, 0.4) is 0 Å². The van der Waals surface area contributed by atoms with Crippen LogP contribution in [0.15, 0.2) is 42.5 Å². The fourth-order valence-electron chi connectivity index (χ4n) is 3.25. The minimum Gasteiger partial charge on any atom is -0.483 e. The molecule has 0 radical (unpaired) electrons. The van der Waals surface area contributed by atoms with Crippen molar-refractivity contribution in [3.05, 3.63) is 63.6 Å². The van der Waals surface area contributed by atoms with Gasteiger partial charge in [-0.15, -0.1) is 0 Å². The van der Waals surface area contributed by atoms with Gasteiger partial charge in [0.1, 0.15) is 11.8 Å². The van der Waals surface area contributed by atoms with Crippen LogP contribution in [-0.4, -0.2) is 35.9 Å². The van der Waals surface area contributed by atoms with E-state index in [1.807, 2.05) is 31.2 Å². The normalized spacial score (nSPS) is 12.2. The topological polar surface area (TPSA) is 58.6 Å². The molecule has 0 aliphatic carbocycles. The Kier molecular flexibility index (Phi) is 9.41. The Hall–Kier alpha value is -2.24. The Morgan fingerprint density at radius 1 is 1.12 bits per heavy atom. The summed E-state index contributed by atoms with van der Waals surface area (Å²) in [7, 11) is 0. The van der Waals surface area contributed by atoms with Gasteiger partial charge in [0, 0.05) is 23.1 Å². The third kappa shape index (κ3) is 7.14. The summed E-state index contributed by atoms with van der Waals surface area (Å²) in [5.41, 5.74) is 1.58. The number of benzene rings is 2. The molecule has 0 heterocycles. The van der Waals surface area contributed by atoms with Crippen LogP contribution in [0.5, 0.6) is 5.75 Å². The summed E-state index contributed by atoms with van der Waals surface area (Å²) < 4.78 is 5.93. The standard InChI is InChI=1S/C25H32Cl2N2O3/c1-6-13-28-24(31)17(2)29(15-18-11-12-19(26)14-21(18)27)23(30)16-32-22-10-8-7-9-20(22)25(3,4)5/h7-12,14,17H,6,13,15-16H2,1-5H3,(H,28,31). The number of nitrogens with zero attached hydrogens (tertiary/aromatic N) is 1. The van der Waals surface area contributed by atoms with Crippen molar-refractivity contribution < 1.29 is 14.3 Å². The monoisotopic (exact) mass is 478 g/mol. The third-order valence-corrected chi connectivity index (χ3v) is 5.71. The quantitative estimate of drug-likeness (QED) is 0.509. The number of nitrogens with one attached hydrogen (secondary N) is 1. The van der Waals surface area contributed by atoms with Gasteiger partial charge in [0.2, 0.25) is 5.91 Å². The maximum atomic E-state index is 13.2. The summed E-state index contributed by atoms with van der Waals surface area (Å²) >= 11 is 12.3. The highest BCUT2D eigenvalue weighted by Crippen LogP contribution is 2.31. The van der Waals surface area contributed by atoms with E-state index >= 15 is 0 Å². The van der Waals surface area contributed by atoms with E-state index in [4.69, 9.17) is 27.9 Å². The van der Waals surface area contributed by atoms with E-state index in [1.165, 1.54) is 4.90 Å². The molecule has 1 N–H and O–H groups in total. The Morgan fingerprint density at radius 2 is 1.81 bits per heavy atom. The molecule has 7 heteroatoms. The first-order chi connectivity index (χ1) is 15.0. The molecule has 5 nitrogen and oxygen atoms in total. The van der Waals surface area contributed by atoms with Crippen molar-refractivity contribution in [3.63, 3.8) is 0 Å². The van der Waals surface area contributed by atoms with Crippen molar-refractivity contribution in [3.8, 4) is 5.75 Å². The van der Waals surface area contributed by atoms with Crippen LogP contribution in [-0.2, 0) is 21.5 Å². The predicted molar refractivity (Wildman–Crippen MR) is 130 cm³/mol. The first-order valence-corrected chi connectivity index (χ1v) is 11.5. The van der Waals surface area contributed by atoms with Gasteiger partial charge in [0.15, 0.2) is 6.61 Å². The van der Waals surface area contributed by atoms with E-state index in [-0.39, 0.29) is 30.4 Å². The zero-order valence-electron chi connectivity index (χ0n) is 19.4. The van der Waals surface area contributed by atoms with E-state index < -0.39 is 6.04 Å². The summed E-state index contributed by atoms with van der Waals surface area (Å²) in [6.07, 6.45) is 0.808. The molecule has 0 aromatic heterocycles. The van der Waals surface area contributed by atoms with Crippen molar-refractivity contribution in [1.82, 2.24) is 10.2 Å². The van der Waals surface area contributed by atoms with Gasteiger partial charge in [-0.05, 0) is 48.1 Å². The fourth-order valence-corrected chi connectivity index (χ4v) is 3.71. The third-order valence-electron chi connectivity index (χ3n) is 5.12. The smallest absolute Gasteiger partial charge is 0.261 e. The van der Waals surface area contributed by atoms with Crippen LogP contribution in [0.25, 0.3) is 0 Å². The zero-order valence-corrected chi connectivity index (χ0v) is 20.9. The number of ether oxygens (including phenoxy) is 1. The Morgan fingerprint density at radius 3 is 2.44 bits per heavy atom. The van der Waals surface area contributed by atoms with Crippen LogP contribution in [0.1, 0.15) is 52.2 Å². The highest BCUT2D eigenvalue weighted by atomic mass is 35.5. The number of amides is 2. The minimum atomic E-state index is -0.692. The minimum absolute atomic E-state index is 0.135. The summed E-state index contributed by atoms with van der Waals surface area (Å²) in [6, 6.07) is 12.1. The van der Waals surface area contributed by atoms with Crippen molar-refractivity contribution in [2.24, 2.45) is 0 Å². The van der Waals surface area contributed by atoms with Gasteiger partial charge in [-0.2, -0.15) is 0 Å². The summed E-state index contributed by atoms with van der Waals surface area (Å²) in [5.74, 6) is 0.125. The fraction of sp³-hybridized carbons (Fsp3) is 0.440. The van der Waals surface area contributed by atoms with Crippen molar-refractivity contribution in [2.75, 3.05) is 13.2 Å². The van der Waals surface area contributed by atoms with Gasteiger partial charge in [-0.25, -0.2) is 0 Å². The Balaban J connectivity index is 2.24. The van der Waals surface area contributed by atoms with Gasteiger partial charge in [-0.1, -0.05) is 75.2 Å². The Labute approximate surface area is 201 Å². The molecule has 32 heavy (non-hydrogen) atoms. The molecule has 2 aromatic rings. The van der Waals surface area contributed by atoms with Gasteiger partial charge in [0.25, 0.3) is 5.91 Å². The first-order valence-electron chi connectivity index (χ1n) is 10.8. The molecular weight excluding hydrogens is 447 g/mol. The van der Waals surface area contributed by atoms with E-state index in [2.05, 4.69) is 26.1 Å². The number of halogens is 2. The molecule has 0 aliphatic heterocycles. The number of carbonyl (C=O) groups excluding carboxylic acids is 2. The predicted octanol–water partition coefficient (Wildman–Crippen LogP) is 5.61. The molecule has 0 fully saturated rings. The largest absolute Gasteiger partial charge is 0.483 e. The zero-order chi connectivity index (χ0) is 23.9. The average Bonchev–Trinajstić information content (AvgIpc) is 2.74. The van der Waals surface area contributed by atoms with Crippen LogP contribution < -0.4 is 10.1 Å². The first kappa shape index (κ1) is 26.0. The summed E-state index contributed by atoms with van der Waals surface area (Å²) in [5, 5.41) is 3.80. The van der Waals surface area contributed by atoms with E-state index in [0.29, 0.717) is 27.9 Å². The van der Waals surface area contributed by atoms with E-state index in [1.54, 1.807) is 25.1 Å². The van der Waals surface area contributed by atoms with Crippen LogP contribution in [0.4, 0.5) is 0 Å². The lowest BCUT2D eigenvalue weighted by Crippen LogP contribution is -2.49. The highest BCUT2D eigenvalue weighted by Gasteiger charge is 2.27. The molecule has 1 atom stereocenters.